The molecule has 0 amide bonds. The van der Waals surface area contributed by atoms with E-state index in [1.807, 2.05) is 54.6 Å². The lowest BCUT2D eigenvalue weighted by Gasteiger charge is -2.30. The second-order valence-corrected chi connectivity index (χ2v) is 8.00. The van der Waals surface area contributed by atoms with Crippen LogP contribution in [0.4, 0.5) is 15.8 Å². The van der Waals surface area contributed by atoms with Crippen LogP contribution in [0.2, 0.25) is 0 Å². The summed E-state index contributed by atoms with van der Waals surface area (Å²) >= 11 is 0. The molecule has 0 unspecified atom stereocenters. The average Bonchev–Trinajstić information content (AvgIpc) is 2.96. The van der Waals surface area contributed by atoms with Gasteiger partial charge in [-0.25, -0.2) is 4.39 Å². The summed E-state index contributed by atoms with van der Waals surface area (Å²) in [7, 11) is 1.64. The van der Waals surface area contributed by atoms with Gasteiger partial charge >= 0.3 is 0 Å². The first kappa shape index (κ1) is 19.4. The Labute approximate surface area is 180 Å². The van der Waals surface area contributed by atoms with Crippen LogP contribution < -0.4 is 15.4 Å². The standard InChI is InChI=1S/C26H23FN2O2/c1-31-20-9-5-6-16(13-20)18-14-23-25(24(30)15-18)26(17-7-4-8-19(27)12-17)29-22-11-3-2-10-21(22)28-23/h2-13,18,26,28-29H,14-15H2,1H3/t18-,26+/m0/s1. The molecule has 0 spiro atoms. The van der Waals surface area contributed by atoms with Crippen LogP contribution in [0.3, 0.4) is 0 Å². The maximum absolute atomic E-state index is 14.0. The molecule has 3 aromatic rings. The molecule has 5 heteroatoms. The molecule has 0 aromatic heterocycles. The first-order valence-corrected chi connectivity index (χ1v) is 10.4. The minimum atomic E-state index is -0.416. The van der Waals surface area contributed by atoms with Crippen molar-refractivity contribution in [3.8, 4) is 5.75 Å². The van der Waals surface area contributed by atoms with Gasteiger partial charge in [0.05, 0.1) is 24.5 Å². The SMILES string of the molecule is COc1cccc([C@@H]2CC(=O)C3=C(C2)Nc2ccccc2N[C@@H]3c2cccc(F)c2)c1. The molecule has 156 valence electrons. The fourth-order valence-corrected chi connectivity index (χ4v) is 4.56. The third-order valence-electron chi connectivity index (χ3n) is 6.06. The molecule has 4 nitrogen and oxygen atoms in total. The van der Waals surface area contributed by atoms with Crippen molar-refractivity contribution in [1.29, 1.82) is 0 Å². The quantitative estimate of drug-likeness (QED) is 0.568. The van der Waals surface area contributed by atoms with E-state index in [1.165, 1.54) is 12.1 Å². The van der Waals surface area contributed by atoms with Crippen LogP contribution in [0.5, 0.6) is 5.75 Å². The number of ketones is 1. The molecule has 2 aliphatic rings. The maximum atomic E-state index is 14.0. The van der Waals surface area contributed by atoms with Gasteiger partial charge in [-0.2, -0.15) is 0 Å². The van der Waals surface area contributed by atoms with E-state index >= 15 is 0 Å². The molecule has 0 saturated heterocycles. The van der Waals surface area contributed by atoms with Gasteiger partial charge in [0.25, 0.3) is 0 Å². The van der Waals surface area contributed by atoms with E-state index in [0.29, 0.717) is 18.4 Å². The minimum Gasteiger partial charge on any atom is -0.497 e. The highest BCUT2D eigenvalue weighted by Gasteiger charge is 2.36. The topological polar surface area (TPSA) is 50.4 Å². The van der Waals surface area contributed by atoms with E-state index in [1.54, 1.807) is 13.2 Å². The number of methoxy groups -OCH3 is 1. The third-order valence-corrected chi connectivity index (χ3v) is 6.06. The van der Waals surface area contributed by atoms with Crippen LogP contribution >= 0.6 is 0 Å². The van der Waals surface area contributed by atoms with Crippen molar-refractivity contribution in [2.24, 2.45) is 0 Å². The van der Waals surface area contributed by atoms with Gasteiger partial charge in [-0.1, -0.05) is 36.4 Å². The summed E-state index contributed by atoms with van der Waals surface area (Å²) in [5.41, 5.74) is 5.18. The zero-order valence-corrected chi connectivity index (χ0v) is 17.2. The Morgan fingerprint density at radius 3 is 2.48 bits per heavy atom. The number of rotatable bonds is 3. The number of ether oxygens (including phenoxy) is 1. The molecule has 2 atom stereocenters. The van der Waals surface area contributed by atoms with E-state index in [2.05, 4.69) is 10.6 Å². The van der Waals surface area contributed by atoms with Gasteiger partial charge in [0, 0.05) is 17.7 Å². The van der Waals surface area contributed by atoms with E-state index < -0.39 is 6.04 Å². The number of para-hydroxylation sites is 2. The summed E-state index contributed by atoms with van der Waals surface area (Å²) < 4.78 is 19.4. The van der Waals surface area contributed by atoms with Crippen molar-refractivity contribution >= 4 is 17.2 Å². The lowest BCUT2D eigenvalue weighted by Crippen LogP contribution is -2.27. The van der Waals surface area contributed by atoms with Gasteiger partial charge in [-0.05, 0) is 59.9 Å². The molecule has 2 N–H and O–H groups in total. The van der Waals surface area contributed by atoms with Crippen molar-refractivity contribution < 1.29 is 13.9 Å². The second-order valence-electron chi connectivity index (χ2n) is 8.00. The molecule has 31 heavy (non-hydrogen) atoms. The third kappa shape index (κ3) is 3.67. The van der Waals surface area contributed by atoms with Crippen molar-refractivity contribution in [3.63, 3.8) is 0 Å². The Morgan fingerprint density at radius 1 is 0.903 bits per heavy atom. The Morgan fingerprint density at radius 2 is 1.68 bits per heavy atom. The number of nitrogens with one attached hydrogen (secondary N) is 2. The number of halogens is 1. The Balaban J connectivity index is 1.60. The summed E-state index contributed by atoms with van der Waals surface area (Å²) in [5, 5.41) is 6.98. The van der Waals surface area contributed by atoms with Gasteiger partial charge in [0.2, 0.25) is 0 Å². The molecule has 1 aliphatic carbocycles. The molecular formula is C26H23FN2O2. The molecule has 0 radical (unpaired) electrons. The predicted octanol–water partition coefficient (Wildman–Crippen LogP) is 5.81. The Kier molecular flexibility index (Phi) is 4.94. The van der Waals surface area contributed by atoms with Crippen molar-refractivity contribution in [2.45, 2.75) is 24.8 Å². The van der Waals surface area contributed by atoms with Crippen molar-refractivity contribution in [3.05, 3.63) is 101 Å². The summed E-state index contributed by atoms with van der Waals surface area (Å²) in [6.45, 7) is 0. The zero-order chi connectivity index (χ0) is 21.4. The summed E-state index contributed by atoms with van der Waals surface area (Å²) in [6.07, 6.45) is 1.09. The number of carbonyl (C=O) groups is 1. The van der Waals surface area contributed by atoms with Crippen LogP contribution in [0.1, 0.15) is 35.9 Å². The highest BCUT2D eigenvalue weighted by Crippen LogP contribution is 2.44. The van der Waals surface area contributed by atoms with Crippen LogP contribution in [-0.2, 0) is 4.79 Å². The molecule has 0 fully saturated rings. The fourth-order valence-electron chi connectivity index (χ4n) is 4.56. The monoisotopic (exact) mass is 414 g/mol. The number of hydrogen-bond donors (Lipinski definition) is 2. The normalized spacial score (nSPS) is 20.1. The zero-order valence-electron chi connectivity index (χ0n) is 17.2. The van der Waals surface area contributed by atoms with Gasteiger partial charge in [-0.15, -0.1) is 0 Å². The van der Waals surface area contributed by atoms with Gasteiger partial charge < -0.3 is 15.4 Å². The van der Waals surface area contributed by atoms with E-state index in [4.69, 9.17) is 4.74 Å². The number of carbonyl (C=O) groups excluding carboxylic acids is 1. The van der Waals surface area contributed by atoms with Crippen molar-refractivity contribution in [1.82, 2.24) is 0 Å². The van der Waals surface area contributed by atoms with Gasteiger partial charge in [-0.3, -0.25) is 4.79 Å². The molecule has 1 aliphatic heterocycles. The smallest absolute Gasteiger partial charge is 0.163 e. The summed E-state index contributed by atoms with van der Waals surface area (Å²) in [4.78, 5) is 13.5. The minimum absolute atomic E-state index is 0.0484. The Bertz CT molecular complexity index is 1190. The maximum Gasteiger partial charge on any atom is 0.163 e. The molecular weight excluding hydrogens is 391 g/mol. The van der Waals surface area contributed by atoms with Crippen LogP contribution in [0, 0.1) is 5.82 Å². The van der Waals surface area contributed by atoms with Crippen LogP contribution in [0.15, 0.2) is 84.1 Å². The highest BCUT2D eigenvalue weighted by molar-refractivity contribution is 6.01. The number of allylic oxidation sites excluding steroid dienone is 1. The lowest BCUT2D eigenvalue weighted by molar-refractivity contribution is -0.116. The van der Waals surface area contributed by atoms with Gasteiger partial charge in [0.15, 0.2) is 5.78 Å². The van der Waals surface area contributed by atoms with Crippen LogP contribution in [0.25, 0.3) is 0 Å². The second kappa shape index (κ2) is 7.91. The van der Waals surface area contributed by atoms with E-state index in [0.717, 1.165) is 33.9 Å². The first-order valence-electron chi connectivity index (χ1n) is 10.4. The van der Waals surface area contributed by atoms with Crippen LogP contribution in [-0.4, -0.2) is 12.9 Å². The first-order chi connectivity index (χ1) is 15.1. The Hall–Kier alpha value is -3.60. The number of Topliss-reactive ketones (excluding diaryl/α,β-unsaturated/α-hetero) is 1. The molecule has 1 heterocycles. The number of hydrogen-bond acceptors (Lipinski definition) is 4. The number of fused-ring (bicyclic) bond motifs is 1. The largest absolute Gasteiger partial charge is 0.497 e. The summed E-state index contributed by atoms with van der Waals surface area (Å²) in [6, 6.07) is 21.8. The highest BCUT2D eigenvalue weighted by atomic mass is 19.1. The molecule has 5 rings (SSSR count). The van der Waals surface area contributed by atoms with Gasteiger partial charge in [0.1, 0.15) is 11.6 Å². The van der Waals surface area contributed by atoms with E-state index in [-0.39, 0.29) is 17.5 Å². The predicted molar refractivity (Wildman–Crippen MR) is 120 cm³/mol. The number of anilines is 2. The number of benzene rings is 3. The molecule has 0 saturated carbocycles. The molecule has 3 aromatic carbocycles. The lowest BCUT2D eigenvalue weighted by atomic mass is 9.78. The molecule has 0 bridgehead atoms. The summed E-state index contributed by atoms with van der Waals surface area (Å²) in [5.74, 6) is 0.580. The van der Waals surface area contributed by atoms with Crippen molar-refractivity contribution in [2.75, 3.05) is 17.7 Å². The van der Waals surface area contributed by atoms with E-state index in [9.17, 15) is 9.18 Å². The average molecular weight is 414 g/mol. The fraction of sp³-hybridized carbons (Fsp3) is 0.192.